The van der Waals surface area contributed by atoms with E-state index in [4.69, 9.17) is 0 Å². The third-order valence-electron chi connectivity index (χ3n) is 3.72. The molecule has 18 heavy (non-hydrogen) atoms. The van der Waals surface area contributed by atoms with E-state index in [-0.39, 0.29) is 10.1 Å². The molecule has 0 N–H and O–H groups in total. The summed E-state index contributed by atoms with van der Waals surface area (Å²) in [6.45, 7) is 4.20. The maximum Gasteiger partial charge on any atom is 0.181 e. The number of hydrogen-bond donors (Lipinski definition) is 0. The van der Waals surface area contributed by atoms with E-state index in [0.717, 1.165) is 6.42 Å². The highest BCUT2D eigenvalue weighted by molar-refractivity contribution is 7.92. The molecule has 0 saturated heterocycles. The average molecular weight is 270 g/mol. The Bertz CT molecular complexity index is 497. The second kappa shape index (κ2) is 5.00. The van der Waals surface area contributed by atoms with Gasteiger partial charge in [-0.05, 0) is 55.4 Å². The van der Waals surface area contributed by atoms with Crippen LogP contribution in [0.25, 0.3) is 0 Å². The van der Waals surface area contributed by atoms with Crippen molar-refractivity contribution in [1.29, 1.82) is 0 Å². The van der Waals surface area contributed by atoms with Gasteiger partial charge in [-0.3, -0.25) is 0 Å². The number of halogens is 1. The molecular formula is C14H19FO2S. The molecular weight excluding hydrogens is 251 g/mol. The van der Waals surface area contributed by atoms with Crippen LogP contribution in [0.2, 0.25) is 0 Å². The zero-order chi connectivity index (χ0) is 13.3. The third kappa shape index (κ3) is 2.74. The Labute approximate surface area is 108 Å². The van der Waals surface area contributed by atoms with Gasteiger partial charge in [0.25, 0.3) is 0 Å². The fourth-order valence-corrected chi connectivity index (χ4v) is 5.01. The topological polar surface area (TPSA) is 34.1 Å². The highest BCUT2D eigenvalue weighted by Crippen LogP contribution is 2.35. The summed E-state index contributed by atoms with van der Waals surface area (Å²) in [5.74, 6) is 0.474. The summed E-state index contributed by atoms with van der Waals surface area (Å²) in [4.78, 5) is 0.246. The van der Waals surface area contributed by atoms with Crippen LogP contribution >= 0.6 is 0 Å². The predicted molar refractivity (Wildman–Crippen MR) is 69.6 cm³/mol. The van der Waals surface area contributed by atoms with Crippen LogP contribution in [-0.2, 0) is 9.84 Å². The molecule has 0 amide bonds. The molecule has 0 radical (unpaired) electrons. The SMILES string of the molecule is CC1CC(C)CC(S(=O)(=O)c2ccc(F)cc2)C1. The molecule has 2 rings (SSSR count). The molecule has 1 aromatic rings. The van der Waals surface area contributed by atoms with Gasteiger partial charge in [0.05, 0.1) is 10.1 Å². The molecule has 1 fully saturated rings. The van der Waals surface area contributed by atoms with E-state index in [0.29, 0.717) is 24.7 Å². The number of sulfone groups is 1. The Morgan fingerprint density at radius 2 is 1.50 bits per heavy atom. The van der Waals surface area contributed by atoms with Crippen molar-refractivity contribution in [3.63, 3.8) is 0 Å². The van der Waals surface area contributed by atoms with E-state index >= 15 is 0 Å². The molecule has 0 heterocycles. The van der Waals surface area contributed by atoms with Crippen LogP contribution < -0.4 is 0 Å². The van der Waals surface area contributed by atoms with Crippen molar-refractivity contribution in [2.45, 2.75) is 43.3 Å². The molecule has 0 aromatic heterocycles. The molecule has 0 spiro atoms. The third-order valence-corrected chi connectivity index (χ3v) is 5.91. The van der Waals surface area contributed by atoms with Crippen LogP contribution in [-0.4, -0.2) is 13.7 Å². The smallest absolute Gasteiger partial charge is 0.181 e. The van der Waals surface area contributed by atoms with Gasteiger partial charge in [-0.15, -0.1) is 0 Å². The zero-order valence-corrected chi connectivity index (χ0v) is 11.6. The van der Waals surface area contributed by atoms with Gasteiger partial charge >= 0.3 is 0 Å². The summed E-state index contributed by atoms with van der Waals surface area (Å²) >= 11 is 0. The van der Waals surface area contributed by atoms with E-state index in [1.54, 1.807) is 0 Å². The fourth-order valence-electron chi connectivity index (χ4n) is 2.94. The lowest BCUT2D eigenvalue weighted by Gasteiger charge is -2.31. The lowest BCUT2D eigenvalue weighted by molar-refractivity contribution is 0.301. The highest BCUT2D eigenvalue weighted by Gasteiger charge is 2.34. The number of benzene rings is 1. The van der Waals surface area contributed by atoms with Gasteiger partial charge < -0.3 is 0 Å². The second-order valence-electron chi connectivity index (χ2n) is 5.54. The van der Waals surface area contributed by atoms with E-state index in [1.165, 1.54) is 24.3 Å². The molecule has 1 aliphatic rings. The minimum atomic E-state index is -3.31. The molecule has 1 aliphatic carbocycles. The quantitative estimate of drug-likeness (QED) is 0.772. The number of rotatable bonds is 2. The molecule has 0 bridgehead atoms. The Balaban J connectivity index is 2.28. The van der Waals surface area contributed by atoms with E-state index in [9.17, 15) is 12.8 Å². The molecule has 2 unspecified atom stereocenters. The standard InChI is InChI=1S/C14H19FO2S/c1-10-7-11(2)9-14(8-10)18(16,17)13-5-3-12(15)4-6-13/h3-6,10-11,14H,7-9H2,1-2H3. The van der Waals surface area contributed by atoms with Gasteiger partial charge in [0.2, 0.25) is 0 Å². The van der Waals surface area contributed by atoms with Crippen molar-refractivity contribution in [2.75, 3.05) is 0 Å². The van der Waals surface area contributed by atoms with E-state index < -0.39 is 15.7 Å². The average Bonchev–Trinajstić information content (AvgIpc) is 2.28. The molecule has 1 aromatic carbocycles. The lowest BCUT2D eigenvalue weighted by Crippen LogP contribution is -2.31. The normalized spacial score (nSPS) is 29.2. The summed E-state index contributed by atoms with van der Waals surface area (Å²) in [5, 5.41) is -0.318. The van der Waals surface area contributed by atoms with Crippen molar-refractivity contribution in [3.05, 3.63) is 30.1 Å². The van der Waals surface area contributed by atoms with Crippen LogP contribution in [0.3, 0.4) is 0 Å². The first-order chi connectivity index (χ1) is 8.39. The van der Waals surface area contributed by atoms with Crippen molar-refractivity contribution >= 4 is 9.84 Å². The van der Waals surface area contributed by atoms with Gasteiger partial charge in [0.1, 0.15) is 5.82 Å². The Hall–Kier alpha value is -0.900. The molecule has 0 aliphatic heterocycles. The minimum Gasteiger partial charge on any atom is -0.223 e. The summed E-state index contributed by atoms with van der Waals surface area (Å²) < 4.78 is 37.8. The summed E-state index contributed by atoms with van der Waals surface area (Å²) in [5.41, 5.74) is 0. The first-order valence-electron chi connectivity index (χ1n) is 6.39. The van der Waals surface area contributed by atoms with Crippen molar-refractivity contribution < 1.29 is 12.8 Å². The van der Waals surface area contributed by atoms with Gasteiger partial charge in [-0.2, -0.15) is 0 Å². The lowest BCUT2D eigenvalue weighted by atomic mass is 9.83. The van der Waals surface area contributed by atoms with Gasteiger partial charge in [0, 0.05) is 0 Å². The van der Waals surface area contributed by atoms with Crippen molar-refractivity contribution in [3.8, 4) is 0 Å². The van der Waals surface area contributed by atoms with Gasteiger partial charge in [-0.25, -0.2) is 12.8 Å². The zero-order valence-electron chi connectivity index (χ0n) is 10.8. The minimum absolute atomic E-state index is 0.246. The Morgan fingerprint density at radius 1 is 1.00 bits per heavy atom. The predicted octanol–water partition coefficient (Wildman–Crippen LogP) is 3.42. The van der Waals surface area contributed by atoms with Crippen LogP contribution in [0, 0.1) is 17.7 Å². The molecule has 100 valence electrons. The first kappa shape index (κ1) is 13.5. The molecule has 1 saturated carbocycles. The Morgan fingerprint density at radius 3 is 2.00 bits per heavy atom. The van der Waals surface area contributed by atoms with E-state index in [1.807, 2.05) is 0 Å². The largest absolute Gasteiger partial charge is 0.223 e. The van der Waals surface area contributed by atoms with E-state index in [2.05, 4.69) is 13.8 Å². The molecule has 2 atom stereocenters. The molecule has 4 heteroatoms. The van der Waals surface area contributed by atoms with Crippen LogP contribution in [0.4, 0.5) is 4.39 Å². The van der Waals surface area contributed by atoms with Crippen LogP contribution in [0.1, 0.15) is 33.1 Å². The Kier molecular flexibility index (Phi) is 3.76. The maximum absolute atomic E-state index is 12.8. The number of hydrogen-bond acceptors (Lipinski definition) is 2. The van der Waals surface area contributed by atoms with Gasteiger partial charge in [-0.1, -0.05) is 13.8 Å². The maximum atomic E-state index is 12.8. The summed E-state index contributed by atoms with van der Waals surface area (Å²) in [6, 6.07) is 5.16. The van der Waals surface area contributed by atoms with Crippen molar-refractivity contribution in [1.82, 2.24) is 0 Å². The van der Waals surface area contributed by atoms with Crippen LogP contribution in [0.5, 0.6) is 0 Å². The highest BCUT2D eigenvalue weighted by atomic mass is 32.2. The summed E-state index contributed by atoms with van der Waals surface area (Å²) in [7, 11) is -3.31. The fraction of sp³-hybridized carbons (Fsp3) is 0.571. The van der Waals surface area contributed by atoms with Crippen LogP contribution in [0.15, 0.2) is 29.2 Å². The monoisotopic (exact) mass is 270 g/mol. The first-order valence-corrected chi connectivity index (χ1v) is 7.93. The summed E-state index contributed by atoms with van der Waals surface area (Å²) in [6.07, 6.45) is 2.52. The van der Waals surface area contributed by atoms with Gasteiger partial charge in [0.15, 0.2) is 9.84 Å². The molecule has 2 nitrogen and oxygen atoms in total. The van der Waals surface area contributed by atoms with Crippen molar-refractivity contribution in [2.24, 2.45) is 11.8 Å². The second-order valence-corrected chi connectivity index (χ2v) is 7.77.